The van der Waals surface area contributed by atoms with Crippen molar-refractivity contribution in [2.75, 3.05) is 38.7 Å². The SMILES string of the molecule is CCSCCNCC1(N(C)C)CCC1. The maximum absolute atomic E-state index is 3.58. The molecule has 2 nitrogen and oxygen atoms in total. The van der Waals surface area contributed by atoms with Crippen LogP contribution in [-0.2, 0) is 0 Å². The van der Waals surface area contributed by atoms with Crippen molar-refractivity contribution in [2.45, 2.75) is 31.7 Å². The third-order valence-corrected chi connectivity index (χ3v) is 4.22. The first-order valence-electron chi connectivity index (χ1n) is 5.67. The van der Waals surface area contributed by atoms with Crippen molar-refractivity contribution >= 4 is 11.8 Å². The van der Waals surface area contributed by atoms with Crippen molar-refractivity contribution in [2.24, 2.45) is 0 Å². The number of rotatable bonds is 7. The normalized spacial score (nSPS) is 19.7. The van der Waals surface area contributed by atoms with Crippen LogP contribution >= 0.6 is 11.8 Å². The standard InChI is InChI=1S/C11H24N2S/c1-4-14-9-8-12-10-11(13(2)3)6-5-7-11/h12H,4-10H2,1-3H3. The van der Waals surface area contributed by atoms with E-state index in [1.165, 1.54) is 37.3 Å². The maximum atomic E-state index is 3.58. The van der Waals surface area contributed by atoms with Crippen molar-refractivity contribution in [3.8, 4) is 0 Å². The van der Waals surface area contributed by atoms with E-state index >= 15 is 0 Å². The minimum absolute atomic E-state index is 0.483. The Morgan fingerprint density at radius 2 is 2.07 bits per heavy atom. The average molecular weight is 216 g/mol. The van der Waals surface area contributed by atoms with Crippen molar-refractivity contribution in [3.05, 3.63) is 0 Å². The minimum Gasteiger partial charge on any atom is -0.314 e. The average Bonchev–Trinajstić information content (AvgIpc) is 2.07. The Labute approximate surface area is 92.8 Å². The van der Waals surface area contributed by atoms with E-state index in [4.69, 9.17) is 0 Å². The number of hydrogen-bond acceptors (Lipinski definition) is 3. The van der Waals surface area contributed by atoms with Crippen LogP contribution in [0.2, 0.25) is 0 Å². The van der Waals surface area contributed by atoms with Gasteiger partial charge in [0.1, 0.15) is 0 Å². The highest BCUT2D eigenvalue weighted by Gasteiger charge is 2.38. The zero-order chi connectivity index (χ0) is 10.4. The van der Waals surface area contributed by atoms with E-state index in [1.807, 2.05) is 11.8 Å². The molecule has 0 unspecified atom stereocenters. The molecule has 0 bridgehead atoms. The number of nitrogens with zero attached hydrogens (tertiary/aromatic N) is 1. The van der Waals surface area contributed by atoms with Gasteiger partial charge in [0.15, 0.2) is 0 Å². The van der Waals surface area contributed by atoms with Crippen LogP contribution in [-0.4, -0.2) is 49.1 Å². The molecule has 3 heteroatoms. The molecule has 1 aliphatic carbocycles. The molecule has 0 radical (unpaired) electrons. The zero-order valence-corrected chi connectivity index (χ0v) is 10.6. The van der Waals surface area contributed by atoms with E-state index in [0.29, 0.717) is 5.54 Å². The largest absolute Gasteiger partial charge is 0.314 e. The van der Waals surface area contributed by atoms with Gasteiger partial charge < -0.3 is 10.2 Å². The molecule has 1 saturated carbocycles. The number of nitrogens with one attached hydrogen (secondary N) is 1. The Balaban J connectivity index is 2.09. The fraction of sp³-hybridized carbons (Fsp3) is 1.00. The molecule has 0 atom stereocenters. The smallest absolute Gasteiger partial charge is 0.0327 e. The van der Waals surface area contributed by atoms with Gasteiger partial charge in [-0.05, 0) is 39.1 Å². The second-order valence-corrected chi connectivity index (χ2v) is 5.74. The first kappa shape index (κ1) is 12.3. The molecule has 0 saturated heterocycles. The Hall–Kier alpha value is 0.270. The molecule has 0 aliphatic heterocycles. The lowest BCUT2D eigenvalue weighted by molar-refractivity contribution is 0.0608. The Kier molecular flexibility index (Phi) is 5.28. The van der Waals surface area contributed by atoms with E-state index in [2.05, 4.69) is 31.2 Å². The summed E-state index contributed by atoms with van der Waals surface area (Å²) in [5.74, 6) is 2.49. The van der Waals surface area contributed by atoms with E-state index in [0.717, 1.165) is 6.54 Å². The fourth-order valence-electron chi connectivity index (χ4n) is 1.98. The molecule has 0 aromatic carbocycles. The molecular formula is C11H24N2S. The van der Waals surface area contributed by atoms with Crippen LogP contribution < -0.4 is 5.32 Å². The van der Waals surface area contributed by atoms with Crippen LogP contribution in [0.4, 0.5) is 0 Å². The lowest BCUT2D eigenvalue weighted by atomic mass is 9.75. The van der Waals surface area contributed by atoms with Crippen LogP contribution in [0.15, 0.2) is 0 Å². The third-order valence-electron chi connectivity index (χ3n) is 3.31. The van der Waals surface area contributed by atoms with Crippen LogP contribution in [0.5, 0.6) is 0 Å². The van der Waals surface area contributed by atoms with Crippen LogP contribution in [0.25, 0.3) is 0 Å². The molecule has 1 rings (SSSR count). The molecule has 14 heavy (non-hydrogen) atoms. The van der Waals surface area contributed by atoms with Gasteiger partial charge in [0, 0.05) is 24.4 Å². The van der Waals surface area contributed by atoms with Crippen molar-refractivity contribution in [3.63, 3.8) is 0 Å². The van der Waals surface area contributed by atoms with Crippen LogP contribution in [0, 0.1) is 0 Å². The number of hydrogen-bond donors (Lipinski definition) is 1. The summed E-state index contributed by atoms with van der Waals surface area (Å²) in [4.78, 5) is 2.40. The molecule has 0 aromatic heterocycles. The highest BCUT2D eigenvalue weighted by molar-refractivity contribution is 7.99. The molecule has 0 heterocycles. The predicted molar refractivity (Wildman–Crippen MR) is 66.1 cm³/mol. The maximum Gasteiger partial charge on any atom is 0.0327 e. The number of thioether (sulfide) groups is 1. The van der Waals surface area contributed by atoms with Gasteiger partial charge in [-0.3, -0.25) is 0 Å². The van der Waals surface area contributed by atoms with E-state index in [-0.39, 0.29) is 0 Å². The summed E-state index contributed by atoms with van der Waals surface area (Å²) >= 11 is 2.02. The fourth-order valence-corrected chi connectivity index (χ4v) is 2.55. The summed E-state index contributed by atoms with van der Waals surface area (Å²) in [6.45, 7) is 4.55. The summed E-state index contributed by atoms with van der Waals surface area (Å²) in [6, 6.07) is 0. The van der Waals surface area contributed by atoms with E-state index in [9.17, 15) is 0 Å². The van der Waals surface area contributed by atoms with Gasteiger partial charge in [-0.25, -0.2) is 0 Å². The first-order valence-corrected chi connectivity index (χ1v) is 6.82. The van der Waals surface area contributed by atoms with Crippen LogP contribution in [0.3, 0.4) is 0 Å². The minimum atomic E-state index is 0.483. The Morgan fingerprint density at radius 3 is 2.50 bits per heavy atom. The van der Waals surface area contributed by atoms with Gasteiger partial charge in [-0.2, -0.15) is 11.8 Å². The molecule has 0 spiro atoms. The molecular weight excluding hydrogens is 192 g/mol. The first-order chi connectivity index (χ1) is 6.71. The van der Waals surface area contributed by atoms with Gasteiger partial charge in [0.05, 0.1) is 0 Å². The molecule has 1 fully saturated rings. The monoisotopic (exact) mass is 216 g/mol. The molecule has 84 valence electrons. The molecule has 0 aromatic rings. The van der Waals surface area contributed by atoms with Crippen LogP contribution in [0.1, 0.15) is 26.2 Å². The summed E-state index contributed by atoms with van der Waals surface area (Å²) in [5.41, 5.74) is 0.483. The topological polar surface area (TPSA) is 15.3 Å². The Bertz CT molecular complexity index is 155. The van der Waals surface area contributed by atoms with Gasteiger partial charge in [0.25, 0.3) is 0 Å². The summed E-state index contributed by atoms with van der Waals surface area (Å²) < 4.78 is 0. The lowest BCUT2D eigenvalue weighted by Crippen LogP contribution is -2.56. The Morgan fingerprint density at radius 1 is 1.36 bits per heavy atom. The third kappa shape index (κ3) is 3.14. The van der Waals surface area contributed by atoms with Crippen molar-refractivity contribution < 1.29 is 0 Å². The zero-order valence-electron chi connectivity index (χ0n) is 9.81. The van der Waals surface area contributed by atoms with E-state index in [1.54, 1.807) is 0 Å². The predicted octanol–water partition coefficient (Wildman–Crippen LogP) is 1.81. The highest BCUT2D eigenvalue weighted by atomic mass is 32.2. The summed E-state index contributed by atoms with van der Waals surface area (Å²) in [6.07, 6.45) is 4.14. The second kappa shape index (κ2) is 5.99. The quantitative estimate of drug-likeness (QED) is 0.654. The van der Waals surface area contributed by atoms with Gasteiger partial charge in [0.2, 0.25) is 0 Å². The second-order valence-electron chi connectivity index (χ2n) is 4.35. The summed E-state index contributed by atoms with van der Waals surface area (Å²) in [5, 5.41) is 3.58. The molecule has 1 aliphatic rings. The van der Waals surface area contributed by atoms with Gasteiger partial charge >= 0.3 is 0 Å². The molecule has 1 N–H and O–H groups in total. The van der Waals surface area contributed by atoms with Crippen molar-refractivity contribution in [1.29, 1.82) is 0 Å². The molecule has 0 amide bonds. The van der Waals surface area contributed by atoms with Gasteiger partial charge in [-0.1, -0.05) is 6.92 Å². The highest BCUT2D eigenvalue weighted by Crippen LogP contribution is 2.35. The van der Waals surface area contributed by atoms with E-state index < -0.39 is 0 Å². The summed E-state index contributed by atoms with van der Waals surface area (Å²) in [7, 11) is 4.42. The van der Waals surface area contributed by atoms with Gasteiger partial charge in [-0.15, -0.1) is 0 Å². The lowest BCUT2D eigenvalue weighted by Gasteiger charge is -2.47. The number of likely N-dealkylation sites (N-methyl/N-ethyl adjacent to an activating group) is 1. The van der Waals surface area contributed by atoms with Crippen molar-refractivity contribution in [1.82, 2.24) is 10.2 Å².